The predicted molar refractivity (Wildman–Crippen MR) is 144 cm³/mol. The molecule has 2 unspecified atom stereocenters. The lowest BCUT2D eigenvalue weighted by molar-refractivity contribution is -0.194. The van der Waals surface area contributed by atoms with Crippen molar-refractivity contribution in [3.05, 3.63) is 23.3 Å². The number of carbonyl (C=O) groups excluding carboxylic acids is 3. The van der Waals surface area contributed by atoms with Crippen molar-refractivity contribution in [1.29, 1.82) is 0 Å². The Labute approximate surface area is 231 Å². The van der Waals surface area contributed by atoms with Crippen LogP contribution in [0.25, 0.3) is 0 Å². The van der Waals surface area contributed by atoms with Crippen LogP contribution in [0.2, 0.25) is 0 Å². The Kier molecular flexibility index (Phi) is 6.51. The molecule has 3 saturated carbocycles. The van der Waals surface area contributed by atoms with E-state index in [4.69, 9.17) is 9.47 Å². The fourth-order valence-electron chi connectivity index (χ4n) is 10.1. The van der Waals surface area contributed by atoms with Crippen LogP contribution in [-0.4, -0.2) is 41.0 Å². The van der Waals surface area contributed by atoms with Gasteiger partial charge in [0.05, 0.1) is 5.92 Å². The average molecular weight is 541 g/mol. The maximum Gasteiger partial charge on any atom is 0.313 e. The minimum Gasteiger partial charge on any atom is -0.481 e. The van der Waals surface area contributed by atoms with Gasteiger partial charge >= 0.3 is 17.9 Å². The molecule has 1 saturated heterocycles. The minimum absolute atomic E-state index is 0.0131. The lowest BCUT2D eigenvalue weighted by atomic mass is 9.40. The number of carboxylic acid groups (broad SMARTS) is 1. The second kappa shape index (κ2) is 9.04. The molecule has 39 heavy (non-hydrogen) atoms. The summed E-state index contributed by atoms with van der Waals surface area (Å²) in [5.41, 5.74) is 0.498. The van der Waals surface area contributed by atoms with Crippen molar-refractivity contribution in [3.8, 4) is 0 Å². The van der Waals surface area contributed by atoms with E-state index < -0.39 is 29.4 Å². The first-order valence-corrected chi connectivity index (χ1v) is 14.6. The zero-order valence-corrected chi connectivity index (χ0v) is 24.5. The summed E-state index contributed by atoms with van der Waals surface area (Å²) in [5.74, 6) is -1.98. The van der Waals surface area contributed by atoms with E-state index in [0.29, 0.717) is 12.8 Å². The average Bonchev–Trinajstić information content (AvgIpc) is 3.24. The molecule has 5 aliphatic rings. The molecule has 4 fully saturated rings. The molecule has 1 heterocycles. The second-order valence-corrected chi connectivity index (χ2v) is 14.2. The van der Waals surface area contributed by atoms with Crippen molar-refractivity contribution in [1.82, 2.24) is 0 Å². The number of fused-ring (bicyclic) bond motifs is 7. The number of rotatable bonds is 5. The van der Waals surface area contributed by atoms with Gasteiger partial charge in [0.15, 0.2) is 5.78 Å². The van der Waals surface area contributed by atoms with Crippen LogP contribution in [0.4, 0.5) is 0 Å². The summed E-state index contributed by atoms with van der Waals surface area (Å²) in [4.78, 5) is 50.4. The Balaban J connectivity index is 1.51. The molecule has 7 nitrogen and oxygen atoms in total. The van der Waals surface area contributed by atoms with Crippen molar-refractivity contribution >= 4 is 23.7 Å². The number of aliphatic carboxylic acids is 1. The third kappa shape index (κ3) is 3.81. The molecular weight excluding hydrogens is 496 g/mol. The number of hydrogen-bond donors (Lipinski definition) is 1. The molecule has 4 aliphatic carbocycles. The van der Waals surface area contributed by atoms with Crippen molar-refractivity contribution in [2.24, 2.45) is 45.3 Å². The Morgan fingerprint density at radius 3 is 2.41 bits per heavy atom. The van der Waals surface area contributed by atoms with E-state index in [9.17, 15) is 24.3 Å². The lowest BCUT2D eigenvalue weighted by Crippen LogP contribution is -2.61. The summed E-state index contributed by atoms with van der Waals surface area (Å²) in [7, 11) is 0. The molecule has 10 atom stereocenters. The van der Waals surface area contributed by atoms with Gasteiger partial charge in [0.1, 0.15) is 17.6 Å². The Morgan fingerprint density at radius 2 is 1.79 bits per heavy atom. The van der Waals surface area contributed by atoms with E-state index in [1.807, 2.05) is 13.8 Å². The highest BCUT2D eigenvalue weighted by atomic mass is 16.6. The van der Waals surface area contributed by atoms with Gasteiger partial charge in [0, 0.05) is 19.3 Å². The monoisotopic (exact) mass is 540 g/mol. The summed E-state index contributed by atoms with van der Waals surface area (Å²) in [5, 5.41) is 10.5. The summed E-state index contributed by atoms with van der Waals surface area (Å²) in [6.07, 6.45) is 7.76. The third-order valence-corrected chi connectivity index (χ3v) is 12.1. The van der Waals surface area contributed by atoms with E-state index in [2.05, 4.69) is 26.8 Å². The first-order valence-electron chi connectivity index (χ1n) is 14.6. The predicted octanol–water partition coefficient (Wildman–Crippen LogP) is 5.66. The largest absolute Gasteiger partial charge is 0.481 e. The van der Waals surface area contributed by atoms with Gasteiger partial charge in [-0.05, 0) is 93.5 Å². The molecule has 1 N–H and O–H groups in total. The zero-order valence-electron chi connectivity index (χ0n) is 24.5. The molecule has 0 aromatic rings. The van der Waals surface area contributed by atoms with Crippen molar-refractivity contribution in [2.75, 3.05) is 0 Å². The molecule has 7 heteroatoms. The van der Waals surface area contributed by atoms with Crippen molar-refractivity contribution in [2.45, 2.75) is 106 Å². The first-order chi connectivity index (χ1) is 18.1. The van der Waals surface area contributed by atoms with Gasteiger partial charge < -0.3 is 14.6 Å². The summed E-state index contributed by atoms with van der Waals surface area (Å²) < 4.78 is 11.6. The van der Waals surface area contributed by atoms with Gasteiger partial charge in [0.2, 0.25) is 0 Å². The number of esters is 2. The molecule has 0 aromatic heterocycles. The van der Waals surface area contributed by atoms with Crippen molar-refractivity contribution < 1.29 is 33.8 Å². The zero-order chi connectivity index (χ0) is 28.7. The van der Waals surface area contributed by atoms with E-state index in [-0.39, 0.29) is 58.3 Å². The molecule has 214 valence electrons. The smallest absolute Gasteiger partial charge is 0.313 e. The summed E-state index contributed by atoms with van der Waals surface area (Å²) >= 11 is 0. The highest BCUT2D eigenvalue weighted by Gasteiger charge is 2.72. The van der Waals surface area contributed by atoms with Gasteiger partial charge in [-0.15, -0.1) is 0 Å². The molecular formula is C32H44O7. The number of carbonyl (C=O) groups is 4. The van der Waals surface area contributed by atoms with Crippen LogP contribution in [0, 0.1) is 45.3 Å². The third-order valence-electron chi connectivity index (χ3n) is 12.1. The van der Waals surface area contributed by atoms with Gasteiger partial charge in [-0.2, -0.15) is 0 Å². The lowest BCUT2D eigenvalue weighted by Gasteiger charge is -2.63. The van der Waals surface area contributed by atoms with Crippen molar-refractivity contribution in [3.63, 3.8) is 0 Å². The normalized spacial score (nSPS) is 46.0. The molecule has 0 bridgehead atoms. The van der Waals surface area contributed by atoms with Gasteiger partial charge in [-0.25, -0.2) is 0 Å². The van der Waals surface area contributed by atoms with Gasteiger partial charge in [-0.3, -0.25) is 19.2 Å². The number of carboxylic acids is 1. The fourth-order valence-corrected chi connectivity index (χ4v) is 10.1. The maximum absolute atomic E-state index is 13.0. The van der Waals surface area contributed by atoms with E-state index in [1.165, 1.54) is 12.5 Å². The van der Waals surface area contributed by atoms with Crippen LogP contribution < -0.4 is 0 Å². The molecule has 5 rings (SSSR count). The first kappa shape index (κ1) is 28.1. The molecule has 1 aliphatic heterocycles. The highest BCUT2D eigenvalue weighted by molar-refractivity contribution is 5.93. The standard InChI is InChI=1S/C32H44O7/c1-17(2)14-19(34)15-20-26-23(39-27(20)35)16-31(6)22-8-9-24-29(4,21(22)10-13-30(26,31)5)12-11-25(38-18(3)33)32(24,7)28(36)37/h8,14,20-21,23-26H,9-13,15-16H2,1-7H3,(H,36,37)/t20-,21?,23-,24?,25-,26-,29-,30+,31-,32+/m1/s1. The summed E-state index contributed by atoms with van der Waals surface area (Å²) in [6.45, 7) is 13.8. The Bertz CT molecular complexity index is 1180. The number of ether oxygens (including phenoxy) is 2. The van der Waals surface area contributed by atoms with Crippen LogP contribution in [-0.2, 0) is 28.7 Å². The quantitative estimate of drug-likeness (QED) is 0.272. The molecule has 0 aromatic carbocycles. The van der Waals surface area contributed by atoms with Gasteiger partial charge in [-0.1, -0.05) is 38.0 Å². The van der Waals surface area contributed by atoms with Crippen LogP contribution in [0.3, 0.4) is 0 Å². The van der Waals surface area contributed by atoms with E-state index in [0.717, 1.165) is 31.3 Å². The number of hydrogen-bond acceptors (Lipinski definition) is 6. The topological polar surface area (TPSA) is 107 Å². The van der Waals surface area contributed by atoms with Crippen LogP contribution in [0.15, 0.2) is 23.3 Å². The Morgan fingerprint density at radius 1 is 1.10 bits per heavy atom. The van der Waals surface area contributed by atoms with E-state index in [1.54, 1.807) is 13.0 Å². The SMILES string of the molecule is CC(=O)O[C@@H]1CC[C@]2(C)C3CC[C@@]4(C)[C@H]5[C@@H](C[C@]4(C)C3=CCC2[C@]1(C)C(=O)O)OC(=O)[C@@H]5CC(=O)C=C(C)C. The van der Waals surface area contributed by atoms with Gasteiger partial charge in [0.25, 0.3) is 0 Å². The fraction of sp³-hybridized carbons (Fsp3) is 0.750. The molecule has 0 spiro atoms. The minimum atomic E-state index is -1.17. The molecule has 0 amide bonds. The maximum atomic E-state index is 13.0. The summed E-state index contributed by atoms with van der Waals surface area (Å²) in [6, 6.07) is 0. The second-order valence-electron chi connectivity index (χ2n) is 14.2. The highest BCUT2D eigenvalue weighted by Crippen LogP contribution is 2.74. The number of allylic oxidation sites excluding steroid dienone is 4. The number of ketones is 1. The van der Waals surface area contributed by atoms with Crippen LogP contribution in [0.5, 0.6) is 0 Å². The van der Waals surface area contributed by atoms with Crippen LogP contribution in [0.1, 0.15) is 93.4 Å². The Hall–Kier alpha value is -2.44. The molecule has 0 radical (unpaired) electrons. The van der Waals surface area contributed by atoms with Crippen LogP contribution >= 0.6 is 0 Å². The van der Waals surface area contributed by atoms with E-state index >= 15 is 0 Å².